The number of carbonyl (C=O) groups excluding carboxylic acids is 2. The summed E-state index contributed by atoms with van der Waals surface area (Å²) in [5.41, 5.74) is 4.85. The maximum absolute atomic E-state index is 13.4. The van der Waals surface area contributed by atoms with Crippen LogP contribution in [-0.2, 0) is 16.1 Å². The predicted octanol–water partition coefficient (Wildman–Crippen LogP) is 4.50. The van der Waals surface area contributed by atoms with Crippen molar-refractivity contribution in [2.45, 2.75) is 51.4 Å². The van der Waals surface area contributed by atoms with Crippen LogP contribution in [0, 0.1) is 6.92 Å². The number of hydrogen-bond acceptors (Lipinski definition) is 6. The summed E-state index contributed by atoms with van der Waals surface area (Å²) in [7, 11) is 0. The fourth-order valence-corrected chi connectivity index (χ4v) is 5.36. The first-order valence-corrected chi connectivity index (χ1v) is 13.6. The van der Waals surface area contributed by atoms with E-state index in [9.17, 15) is 14.7 Å². The molecular weight excluding hydrogens is 516 g/mol. The smallest absolute Gasteiger partial charge is 0.255 e. The normalized spacial score (nSPS) is 17.0. The molecule has 0 bridgehead atoms. The molecule has 0 spiro atoms. The Kier molecular flexibility index (Phi) is 8.16. The Bertz CT molecular complexity index is 1370. The number of fused-ring (bicyclic) bond motifs is 1. The van der Waals surface area contributed by atoms with Crippen molar-refractivity contribution in [3.05, 3.63) is 82.0 Å². The largest absolute Gasteiger partial charge is 0.394 e. The topological polar surface area (TPSA) is 104 Å². The van der Waals surface area contributed by atoms with E-state index in [1.807, 2.05) is 55.5 Å². The minimum atomic E-state index is -0.716. The summed E-state index contributed by atoms with van der Waals surface area (Å²) >= 11 is 6.52. The molecule has 1 saturated heterocycles. The average molecular weight is 549 g/mol. The van der Waals surface area contributed by atoms with Gasteiger partial charge in [0.25, 0.3) is 5.91 Å². The number of aliphatic hydroxyl groups is 1. The summed E-state index contributed by atoms with van der Waals surface area (Å²) in [6.07, 6.45) is 3.45. The molecule has 0 radical (unpaired) electrons. The number of aliphatic hydroxyl groups excluding tert-OH is 1. The summed E-state index contributed by atoms with van der Waals surface area (Å²) < 4.78 is 5.44. The maximum atomic E-state index is 13.4. The summed E-state index contributed by atoms with van der Waals surface area (Å²) in [6, 6.07) is 14.3. The Morgan fingerprint density at radius 1 is 1.18 bits per heavy atom. The first kappa shape index (κ1) is 27.1. The van der Waals surface area contributed by atoms with Crippen molar-refractivity contribution in [2.75, 3.05) is 25.1 Å². The number of pyridine rings is 1. The molecule has 3 N–H and O–H groups in total. The van der Waals surface area contributed by atoms with Crippen molar-refractivity contribution in [2.24, 2.45) is 0 Å². The number of benzene rings is 2. The summed E-state index contributed by atoms with van der Waals surface area (Å²) in [6.45, 7) is 5.21. The number of nitrogens with zero attached hydrogens (tertiary/aromatic N) is 2. The van der Waals surface area contributed by atoms with E-state index in [2.05, 4.69) is 15.6 Å². The molecule has 0 saturated carbocycles. The van der Waals surface area contributed by atoms with Crippen molar-refractivity contribution in [1.29, 1.82) is 0 Å². The van der Waals surface area contributed by atoms with Gasteiger partial charge >= 0.3 is 0 Å². The first-order chi connectivity index (χ1) is 18.8. The van der Waals surface area contributed by atoms with Gasteiger partial charge in [-0.3, -0.25) is 9.59 Å². The molecule has 0 unspecified atom stereocenters. The third kappa shape index (κ3) is 5.93. The zero-order valence-corrected chi connectivity index (χ0v) is 22.9. The lowest BCUT2D eigenvalue weighted by atomic mass is 10.0. The number of carbonyl (C=O) groups is 2. The second kappa shape index (κ2) is 11.7. The fourth-order valence-electron chi connectivity index (χ4n) is 5.15. The molecule has 1 aromatic heterocycles. The number of ether oxygens (including phenoxy) is 1. The molecule has 204 valence electrons. The van der Waals surface area contributed by atoms with Crippen LogP contribution in [0.2, 0.25) is 5.02 Å². The van der Waals surface area contributed by atoms with Crippen LogP contribution < -0.4 is 10.6 Å². The van der Waals surface area contributed by atoms with Crippen LogP contribution in [0.25, 0.3) is 11.1 Å². The lowest BCUT2D eigenvalue weighted by Gasteiger charge is -2.26. The zero-order valence-electron chi connectivity index (χ0n) is 22.1. The number of halogens is 1. The fraction of sp³-hybridized carbons (Fsp3) is 0.367. The highest BCUT2D eigenvalue weighted by atomic mass is 35.5. The van der Waals surface area contributed by atoms with Crippen molar-refractivity contribution < 1.29 is 19.4 Å². The molecule has 2 aliphatic heterocycles. The average Bonchev–Trinajstić information content (AvgIpc) is 3.28. The van der Waals surface area contributed by atoms with Crippen molar-refractivity contribution in [1.82, 2.24) is 15.2 Å². The van der Waals surface area contributed by atoms with E-state index in [-0.39, 0.29) is 18.4 Å². The van der Waals surface area contributed by atoms with E-state index in [0.29, 0.717) is 23.2 Å². The Morgan fingerprint density at radius 3 is 2.72 bits per heavy atom. The van der Waals surface area contributed by atoms with E-state index in [1.165, 1.54) is 0 Å². The van der Waals surface area contributed by atoms with Gasteiger partial charge in [0.1, 0.15) is 11.9 Å². The second-order valence-electron chi connectivity index (χ2n) is 10.2. The van der Waals surface area contributed by atoms with E-state index in [4.69, 9.17) is 16.3 Å². The lowest BCUT2D eigenvalue weighted by molar-refractivity contribution is -0.126. The molecule has 2 amide bonds. The van der Waals surface area contributed by atoms with Crippen LogP contribution in [-0.4, -0.2) is 58.7 Å². The van der Waals surface area contributed by atoms with Gasteiger partial charge in [0.05, 0.1) is 17.7 Å². The number of aromatic nitrogens is 1. The Labute approximate surface area is 233 Å². The molecule has 2 aromatic carbocycles. The molecule has 1 fully saturated rings. The van der Waals surface area contributed by atoms with Crippen LogP contribution in [0.5, 0.6) is 0 Å². The molecule has 2 atom stereocenters. The van der Waals surface area contributed by atoms with Gasteiger partial charge in [-0.2, -0.15) is 0 Å². The molecule has 2 aliphatic rings. The monoisotopic (exact) mass is 548 g/mol. The van der Waals surface area contributed by atoms with E-state index >= 15 is 0 Å². The Balaban J connectivity index is 1.31. The van der Waals surface area contributed by atoms with Crippen LogP contribution in [0.15, 0.2) is 54.7 Å². The molecule has 39 heavy (non-hydrogen) atoms. The van der Waals surface area contributed by atoms with Crippen LogP contribution >= 0.6 is 11.6 Å². The summed E-state index contributed by atoms with van der Waals surface area (Å²) in [5, 5.41) is 16.8. The number of aryl methyl sites for hydroxylation is 1. The van der Waals surface area contributed by atoms with Gasteiger partial charge in [-0.25, -0.2) is 4.98 Å². The highest BCUT2D eigenvalue weighted by Crippen LogP contribution is 2.34. The Hall–Kier alpha value is -3.46. The van der Waals surface area contributed by atoms with Crippen LogP contribution in [0.1, 0.15) is 52.9 Å². The van der Waals surface area contributed by atoms with E-state index < -0.39 is 12.1 Å². The summed E-state index contributed by atoms with van der Waals surface area (Å²) in [5.74, 6) is 0.196. The zero-order chi connectivity index (χ0) is 27.5. The number of hydrogen-bond donors (Lipinski definition) is 3. The van der Waals surface area contributed by atoms with Gasteiger partial charge in [0.15, 0.2) is 0 Å². The van der Waals surface area contributed by atoms with Gasteiger partial charge < -0.3 is 25.4 Å². The molecular formula is C30H33ClN4O4. The SMILES string of the molecule is Cc1cccc([C@@H](CO)NC(=O)[C@@H](C)N2Cc3ccc(-c4cc(NC5CCOCC5)ncc4Cl)cc3C2=O)c1. The maximum Gasteiger partial charge on any atom is 0.255 e. The van der Waals surface area contributed by atoms with E-state index in [0.717, 1.165) is 59.7 Å². The van der Waals surface area contributed by atoms with Gasteiger partial charge in [-0.15, -0.1) is 0 Å². The molecule has 3 heterocycles. The van der Waals surface area contributed by atoms with Crippen molar-refractivity contribution in [3.63, 3.8) is 0 Å². The predicted molar refractivity (Wildman–Crippen MR) is 151 cm³/mol. The minimum Gasteiger partial charge on any atom is -0.394 e. The van der Waals surface area contributed by atoms with Gasteiger partial charge in [0, 0.05) is 43.1 Å². The molecule has 3 aromatic rings. The lowest BCUT2D eigenvalue weighted by Crippen LogP contribution is -2.46. The minimum absolute atomic E-state index is 0.212. The van der Waals surface area contributed by atoms with Gasteiger partial charge in [-0.05, 0) is 55.5 Å². The van der Waals surface area contributed by atoms with Crippen LogP contribution in [0.3, 0.4) is 0 Å². The molecule has 0 aliphatic carbocycles. The number of rotatable bonds is 8. The third-order valence-corrected chi connectivity index (χ3v) is 7.77. The van der Waals surface area contributed by atoms with Crippen molar-refractivity contribution in [3.8, 4) is 11.1 Å². The highest BCUT2D eigenvalue weighted by molar-refractivity contribution is 6.33. The highest BCUT2D eigenvalue weighted by Gasteiger charge is 2.35. The van der Waals surface area contributed by atoms with Crippen molar-refractivity contribution >= 4 is 29.2 Å². The van der Waals surface area contributed by atoms with Crippen LogP contribution in [0.4, 0.5) is 5.82 Å². The van der Waals surface area contributed by atoms with Gasteiger partial charge in [0.2, 0.25) is 5.91 Å². The second-order valence-corrected chi connectivity index (χ2v) is 10.6. The number of amides is 2. The summed E-state index contributed by atoms with van der Waals surface area (Å²) in [4.78, 5) is 32.6. The number of anilines is 1. The standard InChI is InChI=1S/C30H33ClN4O4/c1-18-4-3-5-21(12-18)27(17-36)34-29(37)19(2)35-16-22-7-6-20(13-25(22)30(35)38)24-14-28(32-15-26(24)31)33-23-8-10-39-11-9-23/h3-7,12-15,19,23,27,36H,8-11,16-17H2,1-2H3,(H,32,33)(H,34,37)/t19-,27-/m1/s1. The quantitative estimate of drug-likeness (QED) is 0.383. The first-order valence-electron chi connectivity index (χ1n) is 13.3. The Morgan fingerprint density at radius 2 is 1.97 bits per heavy atom. The number of nitrogens with one attached hydrogen (secondary N) is 2. The third-order valence-electron chi connectivity index (χ3n) is 7.47. The molecule has 8 nitrogen and oxygen atoms in total. The molecule has 5 rings (SSSR count). The van der Waals surface area contributed by atoms with E-state index in [1.54, 1.807) is 18.0 Å². The molecule has 9 heteroatoms. The van der Waals surface area contributed by atoms with Gasteiger partial charge in [-0.1, -0.05) is 53.6 Å².